The standard InChI is InChI=1S/C17H15Cl2NO5S/c1-2-20-26(23,24)13-5-3-4-12(8-13)17(22)25-10-16(21)11-6-7-14(18)15(19)9-11/h3-9,20H,2,10H2,1H3. The first-order valence-corrected chi connectivity index (χ1v) is 9.73. The van der Waals surface area contributed by atoms with Crippen LogP contribution in [0, 0.1) is 0 Å². The van der Waals surface area contributed by atoms with E-state index in [1.54, 1.807) is 6.92 Å². The Balaban J connectivity index is 2.08. The first-order chi connectivity index (χ1) is 12.2. The zero-order chi connectivity index (χ0) is 19.3. The van der Waals surface area contributed by atoms with Crippen molar-refractivity contribution >= 4 is 45.0 Å². The summed E-state index contributed by atoms with van der Waals surface area (Å²) in [6.45, 7) is 1.35. The quantitative estimate of drug-likeness (QED) is 0.553. The summed E-state index contributed by atoms with van der Waals surface area (Å²) in [4.78, 5) is 24.1. The van der Waals surface area contributed by atoms with Crippen molar-refractivity contribution in [3.8, 4) is 0 Å². The number of sulfonamides is 1. The number of hydrogen-bond donors (Lipinski definition) is 1. The first-order valence-electron chi connectivity index (χ1n) is 7.49. The first kappa shape index (κ1) is 20.4. The average Bonchev–Trinajstić information content (AvgIpc) is 2.61. The molecule has 6 nitrogen and oxygen atoms in total. The summed E-state index contributed by atoms with van der Waals surface area (Å²) in [7, 11) is -3.70. The van der Waals surface area contributed by atoms with Gasteiger partial charge in [-0.15, -0.1) is 0 Å². The summed E-state index contributed by atoms with van der Waals surface area (Å²) >= 11 is 11.6. The molecule has 0 aliphatic rings. The van der Waals surface area contributed by atoms with E-state index in [-0.39, 0.29) is 27.6 Å². The lowest BCUT2D eigenvalue weighted by Crippen LogP contribution is -2.23. The van der Waals surface area contributed by atoms with Gasteiger partial charge in [0.1, 0.15) is 0 Å². The van der Waals surface area contributed by atoms with E-state index >= 15 is 0 Å². The van der Waals surface area contributed by atoms with Gasteiger partial charge in [0.25, 0.3) is 0 Å². The summed E-state index contributed by atoms with van der Waals surface area (Å²) < 4.78 is 31.2. The predicted molar refractivity (Wildman–Crippen MR) is 98.4 cm³/mol. The van der Waals surface area contributed by atoms with Crippen LogP contribution in [0.15, 0.2) is 47.4 Å². The Morgan fingerprint density at radius 2 is 1.77 bits per heavy atom. The minimum atomic E-state index is -3.70. The zero-order valence-electron chi connectivity index (χ0n) is 13.7. The van der Waals surface area contributed by atoms with Gasteiger partial charge in [-0.2, -0.15) is 0 Å². The summed E-state index contributed by atoms with van der Waals surface area (Å²) in [5.74, 6) is -1.28. The molecule has 0 spiro atoms. The van der Waals surface area contributed by atoms with E-state index in [0.29, 0.717) is 5.02 Å². The summed E-state index contributed by atoms with van der Waals surface area (Å²) in [5, 5.41) is 0.518. The number of benzene rings is 2. The second-order valence-corrected chi connectivity index (χ2v) is 7.74. The van der Waals surface area contributed by atoms with Crippen LogP contribution in [0.5, 0.6) is 0 Å². The van der Waals surface area contributed by atoms with Gasteiger partial charge >= 0.3 is 5.97 Å². The molecule has 0 heterocycles. The molecule has 2 aromatic rings. The van der Waals surface area contributed by atoms with Crippen LogP contribution in [0.1, 0.15) is 27.6 Å². The zero-order valence-corrected chi connectivity index (χ0v) is 16.0. The van der Waals surface area contributed by atoms with Crippen LogP contribution in [0.25, 0.3) is 0 Å². The fourth-order valence-electron chi connectivity index (χ4n) is 2.03. The van der Waals surface area contributed by atoms with E-state index < -0.39 is 28.4 Å². The molecule has 2 aromatic carbocycles. The molecular formula is C17H15Cl2NO5S. The third-order valence-corrected chi connectivity index (χ3v) is 5.57. The van der Waals surface area contributed by atoms with Crippen LogP contribution < -0.4 is 4.72 Å². The lowest BCUT2D eigenvalue weighted by molar-refractivity contribution is 0.0474. The number of nitrogens with one attached hydrogen (secondary N) is 1. The molecule has 0 bridgehead atoms. The van der Waals surface area contributed by atoms with Gasteiger partial charge in [0.15, 0.2) is 12.4 Å². The number of esters is 1. The largest absolute Gasteiger partial charge is 0.454 e. The summed E-state index contributed by atoms with van der Waals surface area (Å²) in [6.07, 6.45) is 0. The normalized spacial score (nSPS) is 11.2. The molecule has 0 fully saturated rings. The van der Waals surface area contributed by atoms with Crippen LogP contribution in [0.3, 0.4) is 0 Å². The Morgan fingerprint density at radius 3 is 2.42 bits per heavy atom. The molecule has 0 saturated heterocycles. The maximum absolute atomic E-state index is 12.1. The Hall–Kier alpha value is -1.93. The molecule has 9 heteroatoms. The van der Waals surface area contributed by atoms with Crippen molar-refractivity contribution in [2.24, 2.45) is 0 Å². The Labute approximate surface area is 161 Å². The fraction of sp³-hybridized carbons (Fsp3) is 0.176. The molecule has 0 aliphatic carbocycles. The molecule has 0 unspecified atom stereocenters. The van der Waals surface area contributed by atoms with Crippen molar-refractivity contribution in [1.29, 1.82) is 0 Å². The third-order valence-electron chi connectivity index (χ3n) is 3.29. The molecule has 0 aliphatic heterocycles. The molecule has 0 atom stereocenters. The Morgan fingerprint density at radius 1 is 1.04 bits per heavy atom. The maximum atomic E-state index is 12.1. The van der Waals surface area contributed by atoms with Crippen molar-refractivity contribution in [1.82, 2.24) is 4.72 Å². The SMILES string of the molecule is CCNS(=O)(=O)c1cccc(C(=O)OCC(=O)c2ccc(Cl)c(Cl)c2)c1. The predicted octanol–water partition coefficient (Wildman–Crippen LogP) is 3.33. The van der Waals surface area contributed by atoms with E-state index in [4.69, 9.17) is 27.9 Å². The van der Waals surface area contributed by atoms with Crippen molar-refractivity contribution in [3.63, 3.8) is 0 Å². The number of carbonyl (C=O) groups is 2. The molecule has 0 radical (unpaired) electrons. The van der Waals surface area contributed by atoms with E-state index in [9.17, 15) is 18.0 Å². The maximum Gasteiger partial charge on any atom is 0.338 e. The van der Waals surface area contributed by atoms with Crippen LogP contribution >= 0.6 is 23.2 Å². The summed E-state index contributed by atoms with van der Waals surface area (Å²) in [5.41, 5.74) is 0.265. The number of hydrogen-bond acceptors (Lipinski definition) is 5. The van der Waals surface area contributed by atoms with Gasteiger partial charge in [0.05, 0.1) is 20.5 Å². The second-order valence-electron chi connectivity index (χ2n) is 5.16. The van der Waals surface area contributed by atoms with Crippen LogP contribution in [0.2, 0.25) is 10.0 Å². The number of carbonyl (C=O) groups excluding carboxylic acids is 2. The molecule has 0 saturated carbocycles. The van der Waals surface area contributed by atoms with Crippen LogP contribution in [-0.4, -0.2) is 33.3 Å². The van der Waals surface area contributed by atoms with Gasteiger partial charge in [-0.05, 0) is 36.4 Å². The minimum Gasteiger partial charge on any atom is -0.454 e. The van der Waals surface area contributed by atoms with Gasteiger partial charge in [-0.25, -0.2) is 17.9 Å². The van der Waals surface area contributed by atoms with E-state index in [0.717, 1.165) is 0 Å². The van der Waals surface area contributed by atoms with E-state index in [1.807, 2.05) is 0 Å². The third kappa shape index (κ3) is 5.04. The van der Waals surface area contributed by atoms with Crippen molar-refractivity contribution in [2.45, 2.75) is 11.8 Å². The molecular weight excluding hydrogens is 401 g/mol. The summed E-state index contributed by atoms with van der Waals surface area (Å²) in [6, 6.07) is 9.67. The average molecular weight is 416 g/mol. The Kier molecular flexibility index (Phi) is 6.77. The highest BCUT2D eigenvalue weighted by molar-refractivity contribution is 7.89. The van der Waals surface area contributed by atoms with Crippen LogP contribution in [0.4, 0.5) is 0 Å². The number of halogens is 2. The molecule has 138 valence electrons. The number of ether oxygens (including phenoxy) is 1. The second kappa shape index (κ2) is 8.64. The highest BCUT2D eigenvalue weighted by atomic mass is 35.5. The van der Waals surface area contributed by atoms with Crippen molar-refractivity contribution in [2.75, 3.05) is 13.2 Å². The van der Waals surface area contributed by atoms with Crippen molar-refractivity contribution in [3.05, 3.63) is 63.6 Å². The van der Waals surface area contributed by atoms with Gasteiger partial charge in [0.2, 0.25) is 10.0 Å². The molecule has 26 heavy (non-hydrogen) atoms. The Bertz CT molecular complexity index is 944. The lowest BCUT2D eigenvalue weighted by atomic mass is 10.1. The van der Waals surface area contributed by atoms with Crippen LogP contribution in [-0.2, 0) is 14.8 Å². The topological polar surface area (TPSA) is 89.5 Å². The van der Waals surface area contributed by atoms with Gasteiger partial charge in [-0.1, -0.05) is 36.2 Å². The van der Waals surface area contributed by atoms with Gasteiger partial charge in [-0.3, -0.25) is 4.79 Å². The monoisotopic (exact) mass is 415 g/mol. The van der Waals surface area contributed by atoms with E-state index in [2.05, 4.69) is 4.72 Å². The highest BCUT2D eigenvalue weighted by Gasteiger charge is 2.17. The van der Waals surface area contributed by atoms with Gasteiger partial charge in [0, 0.05) is 12.1 Å². The van der Waals surface area contributed by atoms with Crippen molar-refractivity contribution < 1.29 is 22.7 Å². The van der Waals surface area contributed by atoms with Gasteiger partial charge < -0.3 is 4.74 Å². The molecule has 2 rings (SSSR count). The minimum absolute atomic E-state index is 0.0194. The number of Topliss-reactive ketones (excluding diaryl/α,β-unsaturated/α-hetero) is 1. The fourth-order valence-corrected chi connectivity index (χ4v) is 3.42. The number of rotatable bonds is 7. The molecule has 0 aromatic heterocycles. The molecule has 1 N–H and O–H groups in total. The molecule has 0 amide bonds. The van der Waals surface area contributed by atoms with E-state index in [1.165, 1.54) is 42.5 Å². The smallest absolute Gasteiger partial charge is 0.338 e. The number of ketones is 1. The highest BCUT2D eigenvalue weighted by Crippen LogP contribution is 2.23. The lowest BCUT2D eigenvalue weighted by Gasteiger charge is -2.08.